The van der Waals surface area contributed by atoms with E-state index in [2.05, 4.69) is 67.7 Å². The molecule has 5 heteroatoms. The van der Waals surface area contributed by atoms with E-state index in [0.29, 0.717) is 0 Å². The van der Waals surface area contributed by atoms with E-state index in [-0.39, 0.29) is 30.0 Å². The summed E-state index contributed by atoms with van der Waals surface area (Å²) in [5, 5.41) is 6.83. The van der Waals surface area contributed by atoms with Crippen molar-refractivity contribution >= 4 is 29.9 Å². The summed E-state index contributed by atoms with van der Waals surface area (Å²) in [5.74, 6) is 0.918. The van der Waals surface area contributed by atoms with Gasteiger partial charge in [-0.1, -0.05) is 49.6 Å². The summed E-state index contributed by atoms with van der Waals surface area (Å²) in [4.78, 5) is 6.97. The molecule has 1 rings (SSSR count). The number of nitrogens with one attached hydrogen (secondary N) is 2. The fraction of sp³-hybridized carbons (Fsp3) is 0.650. The van der Waals surface area contributed by atoms with Crippen LogP contribution in [-0.4, -0.2) is 44.6 Å². The first kappa shape index (κ1) is 24.2. The molecule has 2 N–H and O–H groups in total. The van der Waals surface area contributed by atoms with Crippen LogP contribution in [0.4, 0.5) is 0 Å². The van der Waals surface area contributed by atoms with Crippen molar-refractivity contribution in [2.45, 2.75) is 52.0 Å². The quantitative estimate of drug-likeness (QED) is 0.222. The molecule has 0 aromatic heterocycles. The molecular weight excluding hydrogens is 423 g/mol. The van der Waals surface area contributed by atoms with E-state index < -0.39 is 0 Å². The SMILES string of the molecule is CCNC(=NCCCCCCCN(C)C)NC(C)c1ccccc1.I. The topological polar surface area (TPSA) is 39.7 Å². The van der Waals surface area contributed by atoms with Crippen molar-refractivity contribution in [1.29, 1.82) is 0 Å². The molecule has 0 amide bonds. The first-order valence-corrected chi connectivity index (χ1v) is 9.38. The summed E-state index contributed by atoms with van der Waals surface area (Å²) in [7, 11) is 4.28. The average Bonchev–Trinajstić information content (AvgIpc) is 2.57. The second kappa shape index (κ2) is 15.4. The van der Waals surface area contributed by atoms with E-state index in [0.717, 1.165) is 25.5 Å². The minimum absolute atomic E-state index is 0. The van der Waals surface area contributed by atoms with Gasteiger partial charge in [-0.05, 0) is 52.9 Å². The number of nitrogens with zero attached hydrogens (tertiary/aromatic N) is 2. The highest BCUT2D eigenvalue weighted by Gasteiger charge is 2.06. The molecule has 0 saturated heterocycles. The van der Waals surface area contributed by atoms with Crippen LogP contribution in [0.25, 0.3) is 0 Å². The number of rotatable bonds is 11. The molecule has 1 aromatic rings. The zero-order chi connectivity index (χ0) is 17.6. The molecule has 0 aliphatic rings. The van der Waals surface area contributed by atoms with Crippen LogP contribution in [0.2, 0.25) is 0 Å². The third-order valence-electron chi connectivity index (χ3n) is 4.03. The maximum Gasteiger partial charge on any atom is 0.191 e. The smallest absolute Gasteiger partial charge is 0.191 e. The Kier molecular flexibility index (Phi) is 14.9. The lowest BCUT2D eigenvalue weighted by Gasteiger charge is -2.18. The molecule has 0 aliphatic heterocycles. The van der Waals surface area contributed by atoms with Crippen LogP contribution in [0.3, 0.4) is 0 Å². The highest BCUT2D eigenvalue weighted by atomic mass is 127. The van der Waals surface area contributed by atoms with Crippen LogP contribution in [0.15, 0.2) is 35.3 Å². The maximum atomic E-state index is 4.71. The van der Waals surface area contributed by atoms with Crippen LogP contribution < -0.4 is 10.6 Å². The van der Waals surface area contributed by atoms with Gasteiger partial charge in [-0.15, -0.1) is 24.0 Å². The Labute approximate surface area is 171 Å². The van der Waals surface area contributed by atoms with Gasteiger partial charge in [-0.2, -0.15) is 0 Å². The molecule has 0 heterocycles. The van der Waals surface area contributed by atoms with Crippen LogP contribution >= 0.6 is 24.0 Å². The zero-order valence-electron chi connectivity index (χ0n) is 16.4. The Morgan fingerprint density at radius 3 is 2.32 bits per heavy atom. The second-order valence-corrected chi connectivity index (χ2v) is 6.61. The van der Waals surface area contributed by atoms with Gasteiger partial charge in [0.15, 0.2) is 5.96 Å². The fourth-order valence-corrected chi connectivity index (χ4v) is 2.61. The molecule has 1 aromatic carbocycles. The van der Waals surface area contributed by atoms with Crippen molar-refractivity contribution in [1.82, 2.24) is 15.5 Å². The zero-order valence-corrected chi connectivity index (χ0v) is 18.8. The van der Waals surface area contributed by atoms with Crippen LogP contribution in [-0.2, 0) is 0 Å². The van der Waals surface area contributed by atoms with E-state index >= 15 is 0 Å². The van der Waals surface area contributed by atoms with Crippen molar-refractivity contribution in [3.63, 3.8) is 0 Å². The van der Waals surface area contributed by atoms with E-state index in [9.17, 15) is 0 Å². The standard InChI is InChI=1S/C20H36N4.HI/c1-5-21-20(23-18(2)19-14-10-9-11-15-19)22-16-12-7-6-8-13-17-24(3)4;/h9-11,14-15,18H,5-8,12-13,16-17H2,1-4H3,(H2,21,22,23);1H. The predicted octanol–water partition coefficient (Wildman–Crippen LogP) is 4.43. The van der Waals surface area contributed by atoms with Gasteiger partial charge in [-0.25, -0.2) is 0 Å². The minimum atomic E-state index is 0. The molecule has 1 atom stereocenters. The highest BCUT2D eigenvalue weighted by molar-refractivity contribution is 14.0. The van der Waals surface area contributed by atoms with Gasteiger partial charge in [0.1, 0.15) is 0 Å². The minimum Gasteiger partial charge on any atom is -0.357 e. The molecule has 25 heavy (non-hydrogen) atoms. The molecule has 0 bridgehead atoms. The predicted molar refractivity (Wildman–Crippen MR) is 121 cm³/mol. The number of benzene rings is 1. The lowest BCUT2D eigenvalue weighted by Crippen LogP contribution is -2.38. The third-order valence-corrected chi connectivity index (χ3v) is 4.03. The van der Waals surface area contributed by atoms with Crippen LogP contribution in [0.5, 0.6) is 0 Å². The summed E-state index contributed by atoms with van der Waals surface area (Å²) in [6.45, 7) is 7.26. The summed E-state index contributed by atoms with van der Waals surface area (Å²) in [6, 6.07) is 10.8. The first-order valence-electron chi connectivity index (χ1n) is 9.38. The molecule has 144 valence electrons. The summed E-state index contributed by atoms with van der Waals surface area (Å²) in [5.41, 5.74) is 1.28. The lowest BCUT2D eigenvalue weighted by molar-refractivity contribution is 0.390. The van der Waals surface area contributed by atoms with Crippen molar-refractivity contribution in [2.24, 2.45) is 4.99 Å². The monoisotopic (exact) mass is 460 g/mol. The van der Waals surface area contributed by atoms with E-state index in [1.807, 2.05) is 6.07 Å². The molecule has 0 saturated carbocycles. The fourth-order valence-electron chi connectivity index (χ4n) is 2.61. The Hall–Kier alpha value is -0.820. The van der Waals surface area contributed by atoms with Crippen molar-refractivity contribution < 1.29 is 0 Å². The largest absolute Gasteiger partial charge is 0.357 e. The summed E-state index contributed by atoms with van der Waals surface area (Å²) >= 11 is 0. The molecule has 0 spiro atoms. The third kappa shape index (κ3) is 12.2. The molecule has 0 aliphatic carbocycles. The molecular formula is C20H37IN4. The Bertz CT molecular complexity index is 448. The first-order chi connectivity index (χ1) is 11.6. The average molecular weight is 460 g/mol. The van der Waals surface area contributed by atoms with Gasteiger partial charge < -0.3 is 15.5 Å². The number of halogens is 1. The number of unbranched alkanes of at least 4 members (excludes halogenated alkanes) is 4. The Balaban J connectivity index is 0.00000576. The summed E-state index contributed by atoms with van der Waals surface area (Å²) in [6.07, 6.45) is 6.37. The number of hydrogen-bond donors (Lipinski definition) is 2. The number of guanidine groups is 1. The van der Waals surface area contributed by atoms with Gasteiger partial charge in [0, 0.05) is 13.1 Å². The molecule has 0 fully saturated rings. The van der Waals surface area contributed by atoms with Gasteiger partial charge in [0.05, 0.1) is 6.04 Å². The normalized spacial score (nSPS) is 12.6. The van der Waals surface area contributed by atoms with Crippen molar-refractivity contribution in [3.05, 3.63) is 35.9 Å². The molecule has 4 nitrogen and oxygen atoms in total. The summed E-state index contributed by atoms with van der Waals surface area (Å²) < 4.78 is 0. The number of hydrogen-bond acceptors (Lipinski definition) is 2. The highest BCUT2D eigenvalue weighted by Crippen LogP contribution is 2.10. The van der Waals surface area contributed by atoms with Crippen molar-refractivity contribution in [2.75, 3.05) is 33.7 Å². The van der Waals surface area contributed by atoms with Gasteiger partial charge in [-0.3, -0.25) is 4.99 Å². The van der Waals surface area contributed by atoms with Crippen LogP contribution in [0.1, 0.15) is 57.6 Å². The van der Waals surface area contributed by atoms with Gasteiger partial charge in [0.2, 0.25) is 0 Å². The molecule has 1 unspecified atom stereocenters. The Morgan fingerprint density at radius 2 is 1.68 bits per heavy atom. The Morgan fingerprint density at radius 1 is 1.04 bits per heavy atom. The van der Waals surface area contributed by atoms with Gasteiger partial charge in [0.25, 0.3) is 0 Å². The number of aliphatic imine (C=N–C) groups is 1. The van der Waals surface area contributed by atoms with Gasteiger partial charge >= 0.3 is 0 Å². The van der Waals surface area contributed by atoms with Crippen molar-refractivity contribution in [3.8, 4) is 0 Å². The van der Waals surface area contributed by atoms with E-state index in [4.69, 9.17) is 4.99 Å². The lowest BCUT2D eigenvalue weighted by atomic mass is 10.1. The van der Waals surface area contributed by atoms with Crippen LogP contribution in [0, 0.1) is 0 Å². The molecule has 0 radical (unpaired) electrons. The van der Waals surface area contributed by atoms with E-state index in [1.54, 1.807) is 0 Å². The second-order valence-electron chi connectivity index (χ2n) is 6.61. The maximum absolute atomic E-state index is 4.71. The van der Waals surface area contributed by atoms with E-state index in [1.165, 1.54) is 37.8 Å².